The quantitative estimate of drug-likeness (QED) is 0.305. The number of ketones is 1. The molecule has 0 saturated carbocycles. The van der Waals surface area contributed by atoms with E-state index in [2.05, 4.69) is 49.1 Å². The van der Waals surface area contributed by atoms with Crippen LogP contribution in [0.5, 0.6) is 0 Å². The van der Waals surface area contributed by atoms with Gasteiger partial charge in [0.05, 0.1) is 10.2 Å². The van der Waals surface area contributed by atoms with Crippen LogP contribution in [0.25, 0.3) is 0 Å². The first-order chi connectivity index (χ1) is 11.3. The summed E-state index contributed by atoms with van der Waals surface area (Å²) in [5.74, 6) is -2.04. The topological polar surface area (TPSA) is 59.1 Å². The molecule has 1 heterocycles. The number of amides is 1. The summed E-state index contributed by atoms with van der Waals surface area (Å²) < 4.78 is 15.8. The standard InChI is InChI=1S/C17H23Br2FN2O2/c1-3-4-5-6-7-8-11-21-16(24)14(23)17(2,20)13-10-9-12(18)15(19)22-13/h9-10H,3-8,11H2,1-2H3,(H,21,24). The smallest absolute Gasteiger partial charge is 0.291 e. The fourth-order valence-corrected chi connectivity index (χ4v) is 2.74. The maximum Gasteiger partial charge on any atom is 0.291 e. The van der Waals surface area contributed by atoms with E-state index in [1.54, 1.807) is 6.07 Å². The Bertz CT molecular complexity index is 580. The number of halogens is 3. The molecular formula is C17H23Br2FN2O2. The van der Waals surface area contributed by atoms with Gasteiger partial charge in [-0.2, -0.15) is 0 Å². The molecule has 1 N–H and O–H groups in total. The highest BCUT2D eigenvalue weighted by atomic mass is 79.9. The number of hydrogen-bond acceptors (Lipinski definition) is 3. The van der Waals surface area contributed by atoms with Crippen molar-refractivity contribution >= 4 is 43.6 Å². The molecule has 0 aliphatic carbocycles. The molecule has 1 unspecified atom stereocenters. The van der Waals surface area contributed by atoms with Crippen molar-refractivity contribution in [1.82, 2.24) is 10.3 Å². The zero-order chi connectivity index (χ0) is 18.2. The van der Waals surface area contributed by atoms with Gasteiger partial charge in [-0.25, -0.2) is 9.37 Å². The van der Waals surface area contributed by atoms with E-state index in [1.165, 1.54) is 25.3 Å². The third-order valence-corrected chi connectivity index (χ3v) is 5.51. The average Bonchev–Trinajstić information content (AvgIpc) is 2.55. The molecular weight excluding hydrogens is 443 g/mol. The molecule has 1 atom stereocenters. The Labute approximate surface area is 159 Å². The van der Waals surface area contributed by atoms with E-state index in [9.17, 15) is 14.0 Å². The second-order valence-electron chi connectivity index (χ2n) is 5.82. The van der Waals surface area contributed by atoms with Gasteiger partial charge in [-0.05, 0) is 57.3 Å². The Morgan fingerprint density at radius 1 is 1.17 bits per heavy atom. The van der Waals surface area contributed by atoms with Crippen LogP contribution in [0.2, 0.25) is 0 Å². The second kappa shape index (κ2) is 10.2. The molecule has 1 aromatic rings. The average molecular weight is 466 g/mol. The largest absolute Gasteiger partial charge is 0.349 e. The third-order valence-electron chi connectivity index (χ3n) is 3.73. The summed E-state index contributed by atoms with van der Waals surface area (Å²) in [6.07, 6.45) is 6.45. The molecule has 4 nitrogen and oxygen atoms in total. The van der Waals surface area contributed by atoms with Crippen LogP contribution in [0.3, 0.4) is 0 Å². The number of Topliss-reactive ketones (excluding diaryl/α,β-unsaturated/α-hetero) is 1. The molecule has 0 aliphatic rings. The van der Waals surface area contributed by atoms with Crippen LogP contribution >= 0.6 is 31.9 Å². The van der Waals surface area contributed by atoms with Gasteiger partial charge in [-0.15, -0.1) is 0 Å². The number of alkyl halides is 1. The molecule has 0 fully saturated rings. The van der Waals surface area contributed by atoms with Crippen molar-refractivity contribution in [2.75, 3.05) is 6.54 Å². The number of nitrogens with zero attached hydrogens (tertiary/aromatic N) is 1. The number of rotatable bonds is 10. The summed E-state index contributed by atoms with van der Waals surface area (Å²) in [7, 11) is 0. The number of hydrogen-bond donors (Lipinski definition) is 1. The molecule has 0 radical (unpaired) electrons. The van der Waals surface area contributed by atoms with Crippen molar-refractivity contribution in [1.29, 1.82) is 0 Å². The molecule has 0 saturated heterocycles. The minimum Gasteiger partial charge on any atom is -0.349 e. The Morgan fingerprint density at radius 2 is 1.79 bits per heavy atom. The minimum absolute atomic E-state index is 0.0997. The van der Waals surface area contributed by atoms with E-state index < -0.39 is 17.4 Å². The van der Waals surface area contributed by atoms with E-state index in [0.717, 1.165) is 26.2 Å². The first kappa shape index (κ1) is 21.2. The predicted octanol–water partition coefficient (Wildman–Crippen LogP) is 4.84. The highest BCUT2D eigenvalue weighted by Gasteiger charge is 2.41. The lowest BCUT2D eigenvalue weighted by molar-refractivity contribution is -0.145. The fourth-order valence-electron chi connectivity index (χ4n) is 2.20. The maximum atomic E-state index is 14.8. The molecule has 0 bridgehead atoms. The summed E-state index contributed by atoms with van der Waals surface area (Å²) >= 11 is 6.40. The Balaban J connectivity index is 2.51. The van der Waals surface area contributed by atoms with Gasteiger partial charge < -0.3 is 5.32 Å². The van der Waals surface area contributed by atoms with Gasteiger partial charge in [0.25, 0.3) is 11.7 Å². The van der Waals surface area contributed by atoms with Crippen molar-refractivity contribution in [3.05, 3.63) is 26.9 Å². The van der Waals surface area contributed by atoms with Gasteiger partial charge in [0.1, 0.15) is 4.60 Å². The normalized spacial score (nSPS) is 13.4. The lowest BCUT2D eigenvalue weighted by atomic mass is 9.97. The highest BCUT2D eigenvalue weighted by molar-refractivity contribution is 9.13. The van der Waals surface area contributed by atoms with E-state index in [4.69, 9.17) is 0 Å². The van der Waals surface area contributed by atoms with Crippen LogP contribution in [0, 0.1) is 0 Å². The van der Waals surface area contributed by atoms with Crippen molar-refractivity contribution in [3.8, 4) is 0 Å². The summed E-state index contributed by atoms with van der Waals surface area (Å²) in [6.45, 7) is 3.59. The number of carbonyl (C=O) groups excluding carboxylic acids is 2. The number of aromatic nitrogens is 1. The Hall–Kier alpha value is -0.820. The highest BCUT2D eigenvalue weighted by Crippen LogP contribution is 2.29. The zero-order valence-electron chi connectivity index (χ0n) is 14.0. The van der Waals surface area contributed by atoms with Crippen LogP contribution in [-0.2, 0) is 15.3 Å². The third kappa shape index (κ3) is 6.24. The van der Waals surface area contributed by atoms with E-state index in [0.29, 0.717) is 15.6 Å². The lowest BCUT2D eigenvalue weighted by Gasteiger charge is -2.18. The molecule has 0 spiro atoms. The first-order valence-electron chi connectivity index (χ1n) is 8.14. The Kier molecular flexibility index (Phi) is 9.05. The van der Waals surface area contributed by atoms with E-state index in [-0.39, 0.29) is 5.69 Å². The van der Waals surface area contributed by atoms with Crippen molar-refractivity contribution in [2.24, 2.45) is 0 Å². The monoisotopic (exact) mass is 464 g/mol. The maximum absolute atomic E-state index is 14.8. The fraction of sp³-hybridized carbons (Fsp3) is 0.588. The van der Waals surface area contributed by atoms with E-state index in [1.807, 2.05) is 0 Å². The summed E-state index contributed by atoms with van der Waals surface area (Å²) in [4.78, 5) is 28.0. The van der Waals surface area contributed by atoms with Gasteiger partial charge in [-0.1, -0.05) is 39.0 Å². The van der Waals surface area contributed by atoms with Crippen molar-refractivity contribution in [2.45, 2.75) is 58.0 Å². The SMILES string of the molecule is CCCCCCCCNC(=O)C(=O)C(C)(F)c1ccc(Br)c(Br)n1. The minimum atomic E-state index is -2.46. The van der Waals surface area contributed by atoms with Crippen LogP contribution in [0.15, 0.2) is 21.2 Å². The molecule has 134 valence electrons. The summed E-state index contributed by atoms with van der Waals surface area (Å²) in [5, 5.41) is 2.50. The number of pyridine rings is 1. The van der Waals surface area contributed by atoms with Crippen LogP contribution in [0.4, 0.5) is 4.39 Å². The lowest BCUT2D eigenvalue weighted by Crippen LogP contribution is -2.42. The molecule has 1 rings (SSSR count). The van der Waals surface area contributed by atoms with Gasteiger partial charge in [0.15, 0.2) is 0 Å². The number of unbranched alkanes of at least 4 members (excludes halogenated alkanes) is 5. The summed E-state index contributed by atoms with van der Waals surface area (Å²) in [6, 6.07) is 2.96. The van der Waals surface area contributed by atoms with Crippen LogP contribution in [0.1, 0.15) is 58.1 Å². The molecule has 1 aromatic heterocycles. The van der Waals surface area contributed by atoms with Gasteiger partial charge >= 0.3 is 0 Å². The zero-order valence-corrected chi connectivity index (χ0v) is 17.2. The van der Waals surface area contributed by atoms with Gasteiger partial charge in [0, 0.05) is 6.54 Å². The molecule has 0 aliphatic heterocycles. The van der Waals surface area contributed by atoms with E-state index >= 15 is 0 Å². The Morgan fingerprint density at radius 3 is 2.42 bits per heavy atom. The molecule has 1 amide bonds. The van der Waals surface area contributed by atoms with Gasteiger partial charge in [-0.3, -0.25) is 9.59 Å². The van der Waals surface area contributed by atoms with Crippen molar-refractivity contribution in [3.63, 3.8) is 0 Å². The number of carbonyl (C=O) groups is 2. The van der Waals surface area contributed by atoms with Crippen LogP contribution in [-0.4, -0.2) is 23.2 Å². The van der Waals surface area contributed by atoms with Crippen molar-refractivity contribution < 1.29 is 14.0 Å². The number of nitrogens with one attached hydrogen (secondary N) is 1. The first-order valence-corrected chi connectivity index (χ1v) is 9.73. The van der Waals surface area contributed by atoms with Gasteiger partial charge in [0.2, 0.25) is 5.67 Å². The second-order valence-corrected chi connectivity index (χ2v) is 7.43. The van der Waals surface area contributed by atoms with Crippen LogP contribution < -0.4 is 5.32 Å². The molecule has 7 heteroatoms. The molecule has 24 heavy (non-hydrogen) atoms. The molecule has 0 aromatic carbocycles. The predicted molar refractivity (Wildman–Crippen MR) is 99.5 cm³/mol. The summed E-state index contributed by atoms with van der Waals surface area (Å²) in [5.41, 5.74) is -2.56.